The zero-order chi connectivity index (χ0) is 58.0. The summed E-state index contributed by atoms with van der Waals surface area (Å²) in [5.41, 5.74) is 10.3. The monoisotopic (exact) mass is 1130 g/mol. The van der Waals surface area contributed by atoms with Gasteiger partial charge in [0, 0.05) is 89.4 Å². The number of amides is 4. The van der Waals surface area contributed by atoms with E-state index in [2.05, 4.69) is 32.5 Å². The van der Waals surface area contributed by atoms with Crippen LogP contribution in [0.5, 0.6) is 11.5 Å². The summed E-state index contributed by atoms with van der Waals surface area (Å²) >= 11 is 0. The van der Waals surface area contributed by atoms with Crippen molar-refractivity contribution in [2.24, 2.45) is 26.1 Å². The molecule has 6 heterocycles. The van der Waals surface area contributed by atoms with E-state index in [0.717, 1.165) is 11.0 Å². The number of nitrogens with zero attached hydrogens (tertiary/aromatic N) is 7. The Bertz CT molecular complexity index is 3230. The van der Waals surface area contributed by atoms with Crippen molar-refractivity contribution >= 4 is 75.2 Å². The van der Waals surface area contributed by atoms with E-state index in [1.54, 1.807) is 103 Å². The summed E-state index contributed by atoms with van der Waals surface area (Å²) in [4.78, 5) is 78.1. The lowest BCUT2D eigenvalue weighted by Gasteiger charge is -2.20. The fourth-order valence-corrected chi connectivity index (χ4v) is 9.02. The van der Waals surface area contributed by atoms with Crippen LogP contribution in [-0.4, -0.2) is 183 Å². The van der Waals surface area contributed by atoms with Crippen LogP contribution in [0.2, 0.25) is 0 Å². The number of imidazole rings is 1. The quantitative estimate of drug-likeness (QED) is 0.0233. The Morgan fingerprint density at radius 1 is 0.671 bits per heavy atom. The Hall–Kier alpha value is -8.17. The molecule has 25 nitrogen and oxygen atoms in total. The van der Waals surface area contributed by atoms with E-state index >= 15 is 0 Å². The summed E-state index contributed by atoms with van der Waals surface area (Å²) in [5, 5.41) is 9.17. The van der Waals surface area contributed by atoms with E-state index in [0.29, 0.717) is 150 Å². The van der Waals surface area contributed by atoms with Crippen LogP contribution >= 0.6 is 0 Å². The molecule has 0 aliphatic carbocycles. The van der Waals surface area contributed by atoms with Crippen molar-refractivity contribution in [2.75, 3.05) is 134 Å². The number of methoxy groups -OCH3 is 1. The third kappa shape index (κ3) is 16.3. The maximum Gasteiger partial charge on any atom is 0.291 e. The van der Waals surface area contributed by atoms with Gasteiger partial charge in [0.1, 0.15) is 18.0 Å². The molecule has 1 atom stereocenters. The van der Waals surface area contributed by atoms with Gasteiger partial charge >= 0.3 is 0 Å². The number of nitrogen functional groups attached to an aromatic ring is 1. The largest absolute Gasteiger partial charge is 0.490 e. The predicted octanol–water partition coefficient (Wildman–Crippen LogP) is 5.24. The molecule has 0 bridgehead atoms. The Morgan fingerprint density at radius 2 is 1.26 bits per heavy atom. The van der Waals surface area contributed by atoms with E-state index in [9.17, 15) is 24.0 Å². The van der Waals surface area contributed by atoms with Gasteiger partial charge in [-0.2, -0.15) is 0 Å². The molecule has 0 spiro atoms. The molecule has 4 aromatic heterocycles. The third-order valence-electron chi connectivity index (χ3n) is 13.1. The average Bonchev–Trinajstić information content (AvgIpc) is 3.97. The minimum Gasteiger partial charge on any atom is -0.490 e. The summed E-state index contributed by atoms with van der Waals surface area (Å²) in [6.07, 6.45) is 9.13. The second-order valence-electron chi connectivity index (χ2n) is 19.3. The Morgan fingerprint density at radius 3 is 1.91 bits per heavy atom. The first-order valence-electron chi connectivity index (χ1n) is 26.9. The first kappa shape index (κ1) is 59.9. The number of hydrogen-bond acceptors (Lipinski definition) is 17. The van der Waals surface area contributed by atoms with Gasteiger partial charge in [0.05, 0.1) is 127 Å². The summed E-state index contributed by atoms with van der Waals surface area (Å²) in [6.45, 7) is 10.4. The van der Waals surface area contributed by atoms with Crippen LogP contribution in [-0.2, 0) is 59.1 Å². The van der Waals surface area contributed by atoms with Crippen LogP contribution in [0.3, 0.4) is 0 Å². The molecule has 25 heteroatoms. The Balaban J connectivity index is 0.756. The van der Waals surface area contributed by atoms with E-state index in [-0.39, 0.29) is 67.3 Å². The number of aryl methyl sites for hydroxylation is 3. The lowest BCUT2D eigenvalue weighted by Crippen LogP contribution is -2.35. The number of anilines is 4. The Labute approximate surface area is 474 Å². The molecule has 0 saturated carbocycles. The molecule has 82 heavy (non-hydrogen) atoms. The fourth-order valence-electron chi connectivity index (χ4n) is 9.02. The maximum atomic E-state index is 13.7. The molecule has 8 rings (SSSR count). The van der Waals surface area contributed by atoms with Crippen molar-refractivity contribution in [3.05, 3.63) is 108 Å². The zero-order valence-electron chi connectivity index (χ0n) is 46.6. The molecule has 0 unspecified atom stereocenters. The van der Waals surface area contributed by atoms with Gasteiger partial charge in [0.2, 0.25) is 11.7 Å². The highest BCUT2D eigenvalue weighted by molar-refractivity contribution is 6.08. The third-order valence-corrected chi connectivity index (χ3v) is 13.1. The number of ether oxygens (including phenoxy) is 9. The molecule has 2 aromatic carbocycles. The number of nitrogens with one attached hydrogen (secondary N) is 3. The van der Waals surface area contributed by atoms with Crippen LogP contribution in [0.15, 0.2) is 90.5 Å². The number of aliphatic imine (C=N–C) groups is 1. The fraction of sp³-hybridized carbons (Fsp3) is 0.421. The van der Waals surface area contributed by atoms with Crippen LogP contribution in [0, 0.1) is 0 Å². The number of fused-ring (bicyclic) bond motifs is 3. The van der Waals surface area contributed by atoms with Crippen molar-refractivity contribution in [2.45, 2.75) is 25.3 Å². The summed E-state index contributed by atoms with van der Waals surface area (Å²) in [7, 11) is 6.61. The molecule has 0 radical (unpaired) electrons. The summed E-state index contributed by atoms with van der Waals surface area (Å²) in [5.74, 6) is -1.07. The van der Waals surface area contributed by atoms with Gasteiger partial charge in [-0.1, -0.05) is 12.2 Å². The lowest BCUT2D eigenvalue weighted by molar-refractivity contribution is -0.116. The van der Waals surface area contributed by atoms with Crippen molar-refractivity contribution < 1.29 is 66.6 Å². The highest BCUT2D eigenvalue weighted by atomic mass is 16.6. The molecule has 1 saturated heterocycles. The molecule has 5 N–H and O–H groups in total. The zero-order valence-corrected chi connectivity index (χ0v) is 46.6. The first-order chi connectivity index (χ1) is 39.8. The average molecular weight is 1130 g/mol. The lowest BCUT2D eigenvalue weighted by atomic mass is 10.1. The van der Waals surface area contributed by atoms with E-state index in [4.69, 9.17) is 48.4 Å². The summed E-state index contributed by atoms with van der Waals surface area (Å²) < 4.78 is 56.6. The molecule has 438 valence electrons. The van der Waals surface area contributed by atoms with Crippen molar-refractivity contribution in [3.8, 4) is 11.5 Å². The Kier molecular flexibility index (Phi) is 21.6. The predicted molar refractivity (Wildman–Crippen MR) is 305 cm³/mol. The van der Waals surface area contributed by atoms with Crippen molar-refractivity contribution in [1.82, 2.24) is 28.2 Å². The highest BCUT2D eigenvalue weighted by Crippen LogP contribution is 2.39. The minimum absolute atomic E-state index is 0.00398. The van der Waals surface area contributed by atoms with Crippen LogP contribution in [0.1, 0.15) is 61.2 Å². The van der Waals surface area contributed by atoms with Crippen LogP contribution < -0.4 is 31.2 Å². The summed E-state index contributed by atoms with van der Waals surface area (Å²) in [6, 6.07) is 13.3. The van der Waals surface area contributed by atoms with Gasteiger partial charge in [0.25, 0.3) is 23.6 Å². The van der Waals surface area contributed by atoms with Gasteiger partial charge in [-0.3, -0.25) is 33.5 Å². The standard InChI is InChI=1S/C57H71N11O14/c1-38-27-43-33-59-45-32-50(49(31-44(45)56(72)68(43)34-38)82-26-25-80-24-23-79-22-21-78-20-19-77-18-17-76-16-15-75-14-13-74-5)81-12-6-7-52(69)62-51-37-66(4)53(63-51)55(71)61-41-29-47(64(2)35-41)54(70)60-42-30-48(65(3)36-42)57(73)67-11-10-39-28-40(58)8-9-46(39)67/h8-11,28-33,35-37,43H,1,6-7,12-27,34,58H2,2-5H3,(H,60,70)(H,61,71)(H,62,69)/t43-/m0/s1. The van der Waals surface area contributed by atoms with Gasteiger partial charge in [-0.25, -0.2) is 4.98 Å². The van der Waals surface area contributed by atoms with E-state index in [1.807, 2.05) is 6.07 Å². The number of nitrogens with two attached hydrogens (primary N) is 1. The number of carbonyl (C=O) groups is 5. The van der Waals surface area contributed by atoms with E-state index < -0.39 is 11.8 Å². The first-order valence-corrected chi connectivity index (χ1v) is 26.9. The van der Waals surface area contributed by atoms with Gasteiger partial charge in [0.15, 0.2) is 17.3 Å². The molecular weight excluding hydrogens is 1060 g/mol. The van der Waals surface area contributed by atoms with E-state index in [1.165, 1.54) is 21.4 Å². The molecule has 1 fully saturated rings. The molecule has 4 amide bonds. The van der Waals surface area contributed by atoms with Crippen molar-refractivity contribution in [1.29, 1.82) is 0 Å². The van der Waals surface area contributed by atoms with Gasteiger partial charge < -0.3 is 82.9 Å². The second-order valence-corrected chi connectivity index (χ2v) is 19.3. The topological polar surface area (TPSA) is 279 Å². The molecule has 2 aliphatic rings. The van der Waals surface area contributed by atoms with Crippen molar-refractivity contribution in [3.63, 3.8) is 0 Å². The number of benzene rings is 2. The van der Waals surface area contributed by atoms with Gasteiger partial charge in [-0.05, 0) is 55.3 Å². The van der Waals surface area contributed by atoms with Crippen LogP contribution in [0.25, 0.3) is 10.9 Å². The maximum absolute atomic E-state index is 13.7. The smallest absolute Gasteiger partial charge is 0.291 e. The van der Waals surface area contributed by atoms with Gasteiger partial charge in [-0.15, -0.1) is 0 Å². The SMILES string of the molecule is C=C1C[C@H]2C=Nc3cc(OCCCC(=O)Nc4cn(C)c(C(=O)Nc5cc(C(=O)Nc6cc(C(=O)n7ccc8cc(N)ccc87)n(C)c6)n(C)c5)n4)c(OCCOCCOCCOCCOCCOCCOCCOC)cc3C(=O)N2C1. The molecule has 6 aromatic rings. The number of aromatic nitrogens is 5. The second kappa shape index (κ2) is 29.5. The normalized spacial score (nSPS) is 13.8. The minimum atomic E-state index is -0.581. The highest BCUT2D eigenvalue weighted by Gasteiger charge is 2.34. The number of rotatable bonds is 33. The molecular formula is C57H71N11O14. The number of hydrogen-bond donors (Lipinski definition) is 4. The molecule has 2 aliphatic heterocycles. The number of carbonyl (C=O) groups excluding carboxylic acids is 5. The van der Waals surface area contributed by atoms with Crippen LogP contribution in [0.4, 0.5) is 28.6 Å².